The molecule has 0 bridgehead atoms. The van der Waals surface area contributed by atoms with Gasteiger partial charge in [0.15, 0.2) is 0 Å². The van der Waals surface area contributed by atoms with Gasteiger partial charge in [-0.2, -0.15) is 11.3 Å². The first-order valence-corrected chi connectivity index (χ1v) is 8.63. The summed E-state index contributed by atoms with van der Waals surface area (Å²) in [5, 5.41) is 4.30. The lowest BCUT2D eigenvalue weighted by molar-refractivity contribution is -0.0723. The van der Waals surface area contributed by atoms with Gasteiger partial charge in [0.1, 0.15) is 0 Å². The first-order chi connectivity index (χ1) is 9.26. The topological polar surface area (TPSA) is 35.2 Å². The minimum atomic E-state index is 0.0772. The first-order valence-electron chi connectivity index (χ1n) is 7.69. The Balaban J connectivity index is 2.06. The van der Waals surface area contributed by atoms with Gasteiger partial charge < -0.3 is 10.5 Å². The van der Waals surface area contributed by atoms with Gasteiger partial charge in [0.05, 0.1) is 12.2 Å². The highest BCUT2D eigenvalue weighted by atomic mass is 32.1. The monoisotopic (exact) mass is 281 g/mol. The molecule has 0 aliphatic heterocycles. The van der Waals surface area contributed by atoms with E-state index in [-0.39, 0.29) is 12.1 Å². The third-order valence-electron chi connectivity index (χ3n) is 4.42. The maximum atomic E-state index is 6.47. The second kappa shape index (κ2) is 7.41. The van der Waals surface area contributed by atoms with Crippen LogP contribution in [-0.4, -0.2) is 12.1 Å². The molecule has 1 saturated carbocycles. The van der Waals surface area contributed by atoms with Gasteiger partial charge in [-0.05, 0) is 47.6 Å². The van der Waals surface area contributed by atoms with E-state index in [9.17, 15) is 0 Å². The van der Waals surface area contributed by atoms with Crippen molar-refractivity contribution in [3.8, 4) is 0 Å². The summed E-state index contributed by atoms with van der Waals surface area (Å²) in [5.41, 5.74) is 7.56. The van der Waals surface area contributed by atoms with Gasteiger partial charge in [-0.1, -0.05) is 33.1 Å². The summed E-state index contributed by atoms with van der Waals surface area (Å²) in [7, 11) is 0. The molecule has 0 aromatic carbocycles. The number of hydrogen-bond donors (Lipinski definition) is 1. The smallest absolute Gasteiger partial charge is 0.0987 e. The van der Waals surface area contributed by atoms with Crippen LogP contribution in [0.25, 0.3) is 0 Å². The largest absolute Gasteiger partial charge is 0.368 e. The summed E-state index contributed by atoms with van der Waals surface area (Å²) in [4.78, 5) is 0. The van der Waals surface area contributed by atoms with Crippen molar-refractivity contribution in [1.29, 1.82) is 0 Å². The second-order valence-electron chi connectivity index (χ2n) is 5.68. The van der Waals surface area contributed by atoms with Crippen molar-refractivity contribution in [2.24, 2.45) is 11.7 Å². The summed E-state index contributed by atoms with van der Waals surface area (Å²) in [6.07, 6.45) is 7.86. The fourth-order valence-electron chi connectivity index (χ4n) is 3.09. The molecule has 1 aliphatic carbocycles. The third-order valence-corrected chi connectivity index (χ3v) is 5.12. The molecule has 1 fully saturated rings. The maximum absolute atomic E-state index is 6.47. The van der Waals surface area contributed by atoms with E-state index in [1.165, 1.54) is 37.7 Å². The van der Waals surface area contributed by atoms with Crippen LogP contribution in [0, 0.1) is 5.92 Å². The van der Waals surface area contributed by atoms with E-state index < -0.39 is 0 Å². The molecular formula is C16H27NOS. The van der Waals surface area contributed by atoms with Crippen LogP contribution in [0.4, 0.5) is 0 Å². The van der Waals surface area contributed by atoms with Crippen LogP contribution in [0.5, 0.6) is 0 Å². The van der Waals surface area contributed by atoms with E-state index in [1.807, 2.05) is 0 Å². The Morgan fingerprint density at radius 1 is 1.37 bits per heavy atom. The summed E-state index contributed by atoms with van der Waals surface area (Å²) in [5.74, 6) is 0.721. The molecule has 0 spiro atoms. The van der Waals surface area contributed by atoms with Gasteiger partial charge >= 0.3 is 0 Å². The maximum Gasteiger partial charge on any atom is 0.0987 e. The summed E-state index contributed by atoms with van der Waals surface area (Å²) in [6, 6.07) is 2.27. The van der Waals surface area contributed by atoms with Gasteiger partial charge in [0.25, 0.3) is 0 Å². The van der Waals surface area contributed by atoms with Crippen molar-refractivity contribution >= 4 is 11.3 Å². The number of nitrogens with two attached hydrogens (primary N) is 1. The quantitative estimate of drug-likeness (QED) is 0.832. The van der Waals surface area contributed by atoms with E-state index >= 15 is 0 Å². The predicted octanol–water partition coefficient (Wildman–Crippen LogP) is 4.51. The van der Waals surface area contributed by atoms with Crippen molar-refractivity contribution in [2.75, 3.05) is 0 Å². The molecule has 1 aliphatic rings. The van der Waals surface area contributed by atoms with Crippen molar-refractivity contribution in [1.82, 2.24) is 0 Å². The molecule has 2 rings (SSSR count). The molecule has 108 valence electrons. The standard InChI is InChI=1S/C16H27NOS/c1-3-12-7-5-6-8-15(12)18-16(14(17)4-2)13-9-10-19-11-13/h9-12,14-16H,3-8,17H2,1-2H3. The van der Waals surface area contributed by atoms with E-state index in [0.717, 1.165) is 12.3 Å². The van der Waals surface area contributed by atoms with E-state index in [0.29, 0.717) is 6.10 Å². The number of ether oxygens (including phenoxy) is 1. The molecule has 0 saturated heterocycles. The highest BCUT2D eigenvalue weighted by Gasteiger charge is 2.29. The average Bonchev–Trinajstić information content (AvgIpc) is 2.98. The van der Waals surface area contributed by atoms with Crippen LogP contribution in [-0.2, 0) is 4.74 Å². The molecule has 4 atom stereocenters. The molecule has 4 unspecified atom stereocenters. The third kappa shape index (κ3) is 3.80. The van der Waals surface area contributed by atoms with Gasteiger partial charge in [-0.25, -0.2) is 0 Å². The van der Waals surface area contributed by atoms with Crippen molar-refractivity contribution in [3.63, 3.8) is 0 Å². The molecule has 0 amide bonds. The summed E-state index contributed by atoms with van der Waals surface area (Å²) in [6.45, 7) is 4.43. The lowest BCUT2D eigenvalue weighted by atomic mass is 9.84. The van der Waals surface area contributed by atoms with Gasteiger partial charge in [-0.15, -0.1) is 0 Å². The highest BCUT2D eigenvalue weighted by Crippen LogP contribution is 2.34. The summed E-state index contributed by atoms with van der Waals surface area (Å²) < 4.78 is 6.47. The minimum absolute atomic E-state index is 0.0772. The molecule has 19 heavy (non-hydrogen) atoms. The van der Waals surface area contributed by atoms with Crippen molar-refractivity contribution < 1.29 is 4.74 Å². The first kappa shape index (κ1) is 15.0. The number of rotatable bonds is 6. The van der Waals surface area contributed by atoms with Crippen LogP contribution in [0.2, 0.25) is 0 Å². The Morgan fingerprint density at radius 3 is 2.79 bits per heavy atom. The second-order valence-corrected chi connectivity index (χ2v) is 6.46. The Hall–Kier alpha value is -0.380. The minimum Gasteiger partial charge on any atom is -0.368 e. The van der Waals surface area contributed by atoms with Gasteiger partial charge in [0, 0.05) is 6.04 Å². The normalized spacial score (nSPS) is 27.1. The molecule has 3 heteroatoms. The molecule has 2 N–H and O–H groups in total. The Bertz CT molecular complexity index is 352. The molecule has 1 heterocycles. The summed E-state index contributed by atoms with van der Waals surface area (Å²) >= 11 is 1.73. The molecular weight excluding hydrogens is 254 g/mol. The van der Waals surface area contributed by atoms with Gasteiger partial charge in [0.2, 0.25) is 0 Å². The molecule has 1 aromatic rings. The van der Waals surface area contributed by atoms with Crippen LogP contribution >= 0.6 is 11.3 Å². The Morgan fingerprint density at radius 2 is 2.16 bits per heavy atom. The zero-order valence-corrected chi connectivity index (χ0v) is 13.0. The Kier molecular flexibility index (Phi) is 5.86. The number of thiophene rings is 1. The highest BCUT2D eigenvalue weighted by molar-refractivity contribution is 7.07. The zero-order valence-electron chi connectivity index (χ0n) is 12.2. The van der Waals surface area contributed by atoms with Crippen molar-refractivity contribution in [3.05, 3.63) is 22.4 Å². The molecule has 0 radical (unpaired) electrons. The van der Waals surface area contributed by atoms with Gasteiger partial charge in [-0.3, -0.25) is 0 Å². The lowest BCUT2D eigenvalue weighted by Gasteiger charge is -2.35. The predicted molar refractivity (Wildman–Crippen MR) is 82.4 cm³/mol. The van der Waals surface area contributed by atoms with Crippen LogP contribution in [0.1, 0.15) is 64.0 Å². The van der Waals surface area contributed by atoms with E-state index in [1.54, 1.807) is 11.3 Å². The number of hydrogen-bond acceptors (Lipinski definition) is 3. The van der Waals surface area contributed by atoms with E-state index in [2.05, 4.69) is 30.7 Å². The fraction of sp³-hybridized carbons (Fsp3) is 0.750. The average molecular weight is 281 g/mol. The van der Waals surface area contributed by atoms with Crippen LogP contribution in [0.3, 0.4) is 0 Å². The van der Waals surface area contributed by atoms with Crippen LogP contribution < -0.4 is 5.73 Å². The SMILES string of the molecule is CCC(N)C(OC1CCCCC1CC)c1ccsc1. The van der Waals surface area contributed by atoms with Crippen LogP contribution in [0.15, 0.2) is 16.8 Å². The lowest BCUT2D eigenvalue weighted by Crippen LogP contribution is -2.36. The van der Waals surface area contributed by atoms with Crippen molar-refractivity contribution in [2.45, 2.75) is 70.6 Å². The zero-order chi connectivity index (χ0) is 13.7. The Labute approximate surface area is 121 Å². The van der Waals surface area contributed by atoms with E-state index in [4.69, 9.17) is 10.5 Å². The molecule has 1 aromatic heterocycles. The fourth-order valence-corrected chi connectivity index (χ4v) is 3.77. The molecule has 2 nitrogen and oxygen atoms in total.